The van der Waals surface area contributed by atoms with Crippen LogP contribution in [0.5, 0.6) is 5.75 Å². The SMILES string of the molecule is COc1ccc(-c2nc(C3CN(S(=O)(=O)c4ccccn4)CCO3)no2)cc1. The third-order valence-corrected chi connectivity index (χ3v) is 6.12. The van der Waals surface area contributed by atoms with E-state index in [0.717, 1.165) is 11.3 Å². The topological polar surface area (TPSA) is 108 Å². The van der Waals surface area contributed by atoms with Crippen molar-refractivity contribution in [1.82, 2.24) is 19.4 Å². The van der Waals surface area contributed by atoms with Crippen molar-refractivity contribution in [2.45, 2.75) is 11.1 Å². The molecule has 0 radical (unpaired) electrons. The van der Waals surface area contributed by atoms with Crippen LogP contribution < -0.4 is 4.74 Å². The molecule has 1 unspecified atom stereocenters. The maximum absolute atomic E-state index is 12.8. The number of sulfonamides is 1. The Morgan fingerprint density at radius 1 is 1.18 bits per heavy atom. The Bertz CT molecular complexity index is 1040. The summed E-state index contributed by atoms with van der Waals surface area (Å²) in [6, 6.07) is 12.0. The lowest BCUT2D eigenvalue weighted by molar-refractivity contribution is -0.00865. The van der Waals surface area contributed by atoms with Gasteiger partial charge in [-0.25, -0.2) is 13.4 Å². The first-order valence-corrected chi connectivity index (χ1v) is 10.0. The molecule has 9 nitrogen and oxygen atoms in total. The van der Waals surface area contributed by atoms with Gasteiger partial charge in [0, 0.05) is 24.8 Å². The molecule has 0 aliphatic carbocycles. The molecule has 1 aliphatic rings. The van der Waals surface area contributed by atoms with Crippen molar-refractivity contribution in [3.05, 3.63) is 54.5 Å². The van der Waals surface area contributed by atoms with Gasteiger partial charge < -0.3 is 14.0 Å². The zero-order valence-corrected chi connectivity index (χ0v) is 15.9. The van der Waals surface area contributed by atoms with Crippen molar-refractivity contribution in [2.75, 3.05) is 26.8 Å². The molecule has 0 saturated carbocycles. The normalized spacial score (nSPS) is 18.1. The van der Waals surface area contributed by atoms with E-state index in [1.54, 1.807) is 43.5 Å². The second kappa shape index (κ2) is 7.66. The summed E-state index contributed by atoms with van der Waals surface area (Å²) in [6.07, 6.45) is 0.827. The lowest BCUT2D eigenvalue weighted by Crippen LogP contribution is -2.42. The maximum Gasteiger partial charge on any atom is 0.260 e. The molecular weight excluding hydrogens is 384 g/mol. The number of hydrogen-bond donors (Lipinski definition) is 0. The summed E-state index contributed by atoms with van der Waals surface area (Å²) < 4.78 is 43.0. The third kappa shape index (κ3) is 3.61. The van der Waals surface area contributed by atoms with E-state index in [4.69, 9.17) is 14.0 Å². The fourth-order valence-corrected chi connectivity index (χ4v) is 4.20. The van der Waals surface area contributed by atoms with Gasteiger partial charge in [0.15, 0.2) is 5.03 Å². The molecule has 1 aromatic carbocycles. The number of morpholine rings is 1. The smallest absolute Gasteiger partial charge is 0.260 e. The van der Waals surface area contributed by atoms with Crippen LogP contribution in [0.1, 0.15) is 11.9 Å². The highest BCUT2D eigenvalue weighted by atomic mass is 32.2. The molecule has 0 N–H and O–H groups in total. The Balaban J connectivity index is 1.53. The first kappa shape index (κ1) is 18.5. The highest BCUT2D eigenvalue weighted by Crippen LogP contribution is 2.27. The lowest BCUT2D eigenvalue weighted by Gasteiger charge is -2.30. The number of hydrogen-bond acceptors (Lipinski definition) is 8. The Hall–Kier alpha value is -2.82. The molecule has 1 atom stereocenters. The molecule has 0 spiro atoms. The van der Waals surface area contributed by atoms with Gasteiger partial charge in [0.25, 0.3) is 15.9 Å². The quantitative estimate of drug-likeness (QED) is 0.637. The number of aromatic nitrogens is 3. The number of methoxy groups -OCH3 is 1. The van der Waals surface area contributed by atoms with Gasteiger partial charge in [0.2, 0.25) is 5.82 Å². The molecule has 3 heterocycles. The van der Waals surface area contributed by atoms with Crippen LogP contribution in [0.15, 0.2) is 58.2 Å². The van der Waals surface area contributed by atoms with Crippen LogP contribution >= 0.6 is 0 Å². The maximum atomic E-state index is 12.8. The summed E-state index contributed by atoms with van der Waals surface area (Å²) in [4.78, 5) is 8.32. The monoisotopic (exact) mass is 402 g/mol. The van der Waals surface area contributed by atoms with Crippen LogP contribution in [0.25, 0.3) is 11.5 Å². The summed E-state index contributed by atoms with van der Waals surface area (Å²) in [6.45, 7) is 0.544. The predicted molar refractivity (Wildman–Crippen MR) is 98.0 cm³/mol. The average Bonchev–Trinajstić information content (AvgIpc) is 3.25. The van der Waals surface area contributed by atoms with Gasteiger partial charge in [-0.05, 0) is 36.4 Å². The van der Waals surface area contributed by atoms with Crippen molar-refractivity contribution in [3.8, 4) is 17.2 Å². The van der Waals surface area contributed by atoms with E-state index in [1.165, 1.54) is 16.6 Å². The van der Waals surface area contributed by atoms with E-state index in [2.05, 4.69) is 15.1 Å². The van der Waals surface area contributed by atoms with Gasteiger partial charge in [-0.3, -0.25) is 0 Å². The predicted octanol–water partition coefficient (Wildman–Crippen LogP) is 1.90. The Morgan fingerprint density at radius 3 is 2.71 bits per heavy atom. The van der Waals surface area contributed by atoms with Crippen LogP contribution in [-0.2, 0) is 14.8 Å². The minimum atomic E-state index is -3.71. The molecule has 146 valence electrons. The van der Waals surface area contributed by atoms with Crippen LogP contribution in [0, 0.1) is 0 Å². The molecule has 4 rings (SSSR count). The second-order valence-electron chi connectivity index (χ2n) is 6.08. The minimum Gasteiger partial charge on any atom is -0.497 e. The molecular formula is C18H18N4O5S. The van der Waals surface area contributed by atoms with Gasteiger partial charge in [0.05, 0.1) is 13.7 Å². The first-order valence-electron chi connectivity index (χ1n) is 8.59. The number of nitrogens with zero attached hydrogens (tertiary/aromatic N) is 4. The van der Waals surface area contributed by atoms with Gasteiger partial charge in [-0.2, -0.15) is 9.29 Å². The highest BCUT2D eigenvalue weighted by molar-refractivity contribution is 7.89. The zero-order chi connectivity index (χ0) is 19.6. The molecule has 1 fully saturated rings. The number of ether oxygens (including phenoxy) is 2. The molecule has 3 aromatic rings. The third-order valence-electron chi connectivity index (χ3n) is 4.34. The summed E-state index contributed by atoms with van der Waals surface area (Å²) >= 11 is 0. The van der Waals surface area contributed by atoms with Gasteiger partial charge >= 0.3 is 0 Å². The molecule has 2 aromatic heterocycles. The highest BCUT2D eigenvalue weighted by Gasteiger charge is 2.34. The fourth-order valence-electron chi connectivity index (χ4n) is 2.85. The fraction of sp³-hybridized carbons (Fsp3) is 0.278. The Morgan fingerprint density at radius 2 is 2.00 bits per heavy atom. The van der Waals surface area contributed by atoms with E-state index in [1.807, 2.05) is 0 Å². The Kier molecular flexibility index (Phi) is 5.07. The summed E-state index contributed by atoms with van der Waals surface area (Å²) in [5, 5.41) is 3.97. The molecule has 28 heavy (non-hydrogen) atoms. The van der Waals surface area contributed by atoms with Crippen molar-refractivity contribution < 1.29 is 22.4 Å². The zero-order valence-electron chi connectivity index (χ0n) is 15.1. The van der Waals surface area contributed by atoms with Crippen LogP contribution in [-0.4, -0.2) is 54.7 Å². The van der Waals surface area contributed by atoms with E-state index in [9.17, 15) is 8.42 Å². The summed E-state index contributed by atoms with van der Waals surface area (Å²) in [5.41, 5.74) is 0.730. The van der Waals surface area contributed by atoms with E-state index in [0.29, 0.717) is 11.7 Å². The van der Waals surface area contributed by atoms with Crippen molar-refractivity contribution in [1.29, 1.82) is 0 Å². The lowest BCUT2D eigenvalue weighted by atomic mass is 10.2. The molecule has 10 heteroatoms. The largest absolute Gasteiger partial charge is 0.497 e. The molecule has 0 bridgehead atoms. The van der Waals surface area contributed by atoms with E-state index >= 15 is 0 Å². The van der Waals surface area contributed by atoms with Gasteiger partial charge in [-0.15, -0.1) is 0 Å². The first-order chi connectivity index (χ1) is 13.6. The van der Waals surface area contributed by atoms with E-state index in [-0.39, 0.29) is 24.7 Å². The molecule has 1 saturated heterocycles. The molecule has 0 amide bonds. The van der Waals surface area contributed by atoms with Crippen molar-refractivity contribution in [3.63, 3.8) is 0 Å². The minimum absolute atomic E-state index is 0.00249. The number of rotatable bonds is 5. The van der Waals surface area contributed by atoms with Crippen molar-refractivity contribution in [2.24, 2.45) is 0 Å². The average molecular weight is 402 g/mol. The van der Waals surface area contributed by atoms with Gasteiger partial charge in [-0.1, -0.05) is 11.2 Å². The number of benzene rings is 1. The number of pyridine rings is 1. The van der Waals surface area contributed by atoms with Crippen LogP contribution in [0.2, 0.25) is 0 Å². The van der Waals surface area contributed by atoms with Gasteiger partial charge in [0.1, 0.15) is 11.9 Å². The Labute approximate surface area is 162 Å². The van der Waals surface area contributed by atoms with E-state index < -0.39 is 16.1 Å². The summed E-state index contributed by atoms with van der Waals surface area (Å²) in [7, 11) is -2.13. The van der Waals surface area contributed by atoms with Crippen LogP contribution in [0.3, 0.4) is 0 Å². The van der Waals surface area contributed by atoms with Crippen LogP contribution in [0.4, 0.5) is 0 Å². The summed E-state index contributed by atoms with van der Waals surface area (Å²) in [5.74, 6) is 1.34. The van der Waals surface area contributed by atoms with Crippen molar-refractivity contribution >= 4 is 10.0 Å². The standard InChI is InChI=1S/C18H18N4O5S/c1-25-14-7-5-13(6-8-14)18-20-17(21-27-18)15-12-22(10-11-26-15)28(23,24)16-4-2-3-9-19-16/h2-9,15H,10-12H2,1H3. The second-order valence-corrected chi connectivity index (χ2v) is 7.96. The molecule has 1 aliphatic heterocycles.